The highest BCUT2D eigenvalue weighted by Crippen LogP contribution is 2.09. The van der Waals surface area contributed by atoms with Crippen molar-refractivity contribution in [3.63, 3.8) is 0 Å². The molecular formula is C15H20N4O2. The molecule has 0 aromatic heterocycles. The van der Waals surface area contributed by atoms with E-state index in [1.807, 2.05) is 19.9 Å². The van der Waals surface area contributed by atoms with Crippen LogP contribution >= 0.6 is 0 Å². The maximum Gasteiger partial charge on any atom is 0.246 e. The molecule has 4 N–H and O–H groups in total. The van der Waals surface area contributed by atoms with Gasteiger partial charge in [-0.3, -0.25) is 9.59 Å². The maximum atomic E-state index is 12.0. The number of nitrogens with two attached hydrogens (primary N) is 1. The molecule has 0 aliphatic rings. The fourth-order valence-electron chi connectivity index (χ4n) is 1.56. The molecule has 0 saturated carbocycles. The Bertz CT molecular complexity index is 546. The number of carbonyl (C=O) groups is 2. The molecule has 1 rings (SSSR count). The fraction of sp³-hybridized carbons (Fsp3) is 0.400. The van der Waals surface area contributed by atoms with Gasteiger partial charge in [0.05, 0.1) is 17.7 Å². The van der Waals surface area contributed by atoms with E-state index in [0.717, 1.165) is 0 Å². The van der Waals surface area contributed by atoms with Crippen LogP contribution in [0.25, 0.3) is 0 Å². The second kappa shape index (κ2) is 7.41. The van der Waals surface area contributed by atoms with Crippen molar-refractivity contribution in [2.24, 2.45) is 11.7 Å². The van der Waals surface area contributed by atoms with Gasteiger partial charge >= 0.3 is 0 Å². The average molecular weight is 288 g/mol. The molecule has 1 aromatic rings. The van der Waals surface area contributed by atoms with Crippen LogP contribution in [0.4, 0.5) is 5.69 Å². The Balaban J connectivity index is 2.58. The summed E-state index contributed by atoms with van der Waals surface area (Å²) in [6.45, 7) is 5.27. The van der Waals surface area contributed by atoms with Crippen LogP contribution in [0.1, 0.15) is 26.3 Å². The lowest BCUT2D eigenvalue weighted by atomic mass is 10.0. The first-order valence-corrected chi connectivity index (χ1v) is 6.72. The van der Waals surface area contributed by atoms with Gasteiger partial charge in [0.1, 0.15) is 6.04 Å². The number of nitrogens with zero attached hydrogens (tertiary/aromatic N) is 1. The summed E-state index contributed by atoms with van der Waals surface area (Å²) >= 11 is 0. The summed E-state index contributed by atoms with van der Waals surface area (Å²) in [5, 5.41) is 13.9. The van der Waals surface area contributed by atoms with Crippen molar-refractivity contribution in [2.45, 2.75) is 32.9 Å². The number of rotatable bonds is 5. The molecule has 0 aliphatic carbocycles. The van der Waals surface area contributed by atoms with E-state index in [-0.39, 0.29) is 17.7 Å². The molecule has 0 heterocycles. The minimum absolute atomic E-state index is 0.00112. The van der Waals surface area contributed by atoms with Crippen molar-refractivity contribution in [3.05, 3.63) is 29.8 Å². The first-order valence-electron chi connectivity index (χ1n) is 6.72. The Morgan fingerprint density at radius 2 is 1.71 bits per heavy atom. The zero-order valence-corrected chi connectivity index (χ0v) is 12.4. The van der Waals surface area contributed by atoms with E-state index >= 15 is 0 Å². The van der Waals surface area contributed by atoms with E-state index in [1.54, 1.807) is 31.2 Å². The van der Waals surface area contributed by atoms with E-state index < -0.39 is 12.1 Å². The van der Waals surface area contributed by atoms with Gasteiger partial charge in [0.2, 0.25) is 11.8 Å². The van der Waals surface area contributed by atoms with E-state index in [1.165, 1.54) is 0 Å². The van der Waals surface area contributed by atoms with Crippen LogP contribution in [0.3, 0.4) is 0 Å². The Labute approximate surface area is 124 Å². The molecule has 6 nitrogen and oxygen atoms in total. The second-order valence-corrected chi connectivity index (χ2v) is 5.18. The molecule has 112 valence electrons. The summed E-state index contributed by atoms with van der Waals surface area (Å²) in [7, 11) is 0. The fourth-order valence-corrected chi connectivity index (χ4v) is 1.56. The van der Waals surface area contributed by atoms with Crippen molar-refractivity contribution in [1.29, 1.82) is 5.26 Å². The Hall–Kier alpha value is -2.39. The smallest absolute Gasteiger partial charge is 0.246 e. The van der Waals surface area contributed by atoms with Gasteiger partial charge < -0.3 is 16.4 Å². The van der Waals surface area contributed by atoms with Crippen molar-refractivity contribution in [3.8, 4) is 6.07 Å². The van der Waals surface area contributed by atoms with Crippen molar-refractivity contribution >= 4 is 17.5 Å². The predicted octanol–water partition coefficient (Wildman–Crippen LogP) is 0.985. The van der Waals surface area contributed by atoms with E-state index in [0.29, 0.717) is 11.3 Å². The monoisotopic (exact) mass is 288 g/mol. The van der Waals surface area contributed by atoms with Crippen LogP contribution in [0.15, 0.2) is 24.3 Å². The van der Waals surface area contributed by atoms with Crippen molar-refractivity contribution in [2.75, 3.05) is 5.32 Å². The first kappa shape index (κ1) is 16.7. The number of hydrogen-bond acceptors (Lipinski definition) is 4. The highest BCUT2D eigenvalue weighted by molar-refractivity contribution is 5.97. The topological polar surface area (TPSA) is 108 Å². The molecule has 0 bridgehead atoms. The van der Waals surface area contributed by atoms with E-state index in [2.05, 4.69) is 10.6 Å². The first-order chi connectivity index (χ1) is 9.85. The molecule has 0 aliphatic heterocycles. The molecule has 2 atom stereocenters. The Morgan fingerprint density at radius 3 is 2.19 bits per heavy atom. The number of amides is 2. The predicted molar refractivity (Wildman–Crippen MR) is 80.2 cm³/mol. The zero-order chi connectivity index (χ0) is 16.0. The summed E-state index contributed by atoms with van der Waals surface area (Å²) in [6, 6.07) is 7.13. The number of benzene rings is 1. The Kier molecular flexibility index (Phi) is 5.88. The van der Waals surface area contributed by atoms with Gasteiger partial charge in [-0.2, -0.15) is 5.26 Å². The lowest BCUT2D eigenvalue weighted by molar-refractivity contribution is -0.127. The van der Waals surface area contributed by atoms with Gasteiger partial charge in [0.25, 0.3) is 0 Å². The van der Waals surface area contributed by atoms with Gasteiger partial charge in [-0.1, -0.05) is 13.8 Å². The number of carbonyl (C=O) groups excluding carboxylic acids is 2. The number of hydrogen-bond donors (Lipinski definition) is 3. The van der Waals surface area contributed by atoms with E-state index in [4.69, 9.17) is 11.0 Å². The average Bonchev–Trinajstić information content (AvgIpc) is 2.46. The zero-order valence-electron chi connectivity index (χ0n) is 12.4. The van der Waals surface area contributed by atoms with Gasteiger partial charge in [-0.25, -0.2) is 0 Å². The summed E-state index contributed by atoms with van der Waals surface area (Å²) in [6.07, 6.45) is 0. The van der Waals surface area contributed by atoms with Crippen LogP contribution in [-0.4, -0.2) is 23.9 Å². The van der Waals surface area contributed by atoms with Crippen LogP contribution < -0.4 is 16.4 Å². The van der Waals surface area contributed by atoms with E-state index in [9.17, 15) is 9.59 Å². The van der Waals surface area contributed by atoms with Crippen molar-refractivity contribution < 1.29 is 9.59 Å². The normalized spacial score (nSPS) is 13.1. The highest BCUT2D eigenvalue weighted by atomic mass is 16.2. The SMILES string of the molecule is CC(C)[C@H](N)C(=O)N[C@@H](C)C(=O)Nc1ccc(C#N)cc1. The minimum atomic E-state index is -0.696. The molecule has 0 saturated heterocycles. The lowest BCUT2D eigenvalue weighted by Gasteiger charge is -2.19. The summed E-state index contributed by atoms with van der Waals surface area (Å²) in [5.41, 5.74) is 6.79. The summed E-state index contributed by atoms with van der Waals surface area (Å²) in [4.78, 5) is 23.7. The molecule has 0 unspecified atom stereocenters. The summed E-state index contributed by atoms with van der Waals surface area (Å²) in [5.74, 6) is -0.699. The number of anilines is 1. The third-order valence-electron chi connectivity index (χ3n) is 3.05. The molecular weight excluding hydrogens is 268 g/mol. The quantitative estimate of drug-likeness (QED) is 0.750. The van der Waals surface area contributed by atoms with Crippen LogP contribution in [0.5, 0.6) is 0 Å². The Morgan fingerprint density at radius 1 is 1.14 bits per heavy atom. The van der Waals surface area contributed by atoms with Crippen LogP contribution in [0, 0.1) is 17.2 Å². The van der Waals surface area contributed by atoms with Gasteiger partial charge in [-0.15, -0.1) is 0 Å². The second-order valence-electron chi connectivity index (χ2n) is 5.18. The molecule has 2 amide bonds. The van der Waals surface area contributed by atoms with Crippen molar-refractivity contribution in [1.82, 2.24) is 5.32 Å². The third-order valence-corrected chi connectivity index (χ3v) is 3.05. The van der Waals surface area contributed by atoms with Crippen LogP contribution in [0.2, 0.25) is 0 Å². The minimum Gasteiger partial charge on any atom is -0.343 e. The summed E-state index contributed by atoms with van der Waals surface area (Å²) < 4.78 is 0. The molecule has 0 fully saturated rings. The standard InChI is InChI=1S/C15H20N4O2/c1-9(2)13(17)15(21)18-10(3)14(20)19-12-6-4-11(8-16)5-7-12/h4-7,9-10,13H,17H2,1-3H3,(H,18,21)(H,19,20)/t10-,13-/m0/s1. The van der Waals surface area contributed by atoms with Gasteiger partial charge in [-0.05, 0) is 37.1 Å². The largest absolute Gasteiger partial charge is 0.343 e. The highest BCUT2D eigenvalue weighted by Gasteiger charge is 2.22. The van der Waals surface area contributed by atoms with Gasteiger partial charge in [0, 0.05) is 5.69 Å². The number of nitrogens with one attached hydrogen (secondary N) is 2. The molecule has 0 radical (unpaired) electrons. The third kappa shape index (κ3) is 4.89. The molecule has 1 aromatic carbocycles. The number of nitriles is 1. The molecule has 6 heteroatoms. The molecule has 21 heavy (non-hydrogen) atoms. The maximum absolute atomic E-state index is 12.0. The lowest BCUT2D eigenvalue weighted by Crippen LogP contribution is -2.50. The molecule has 0 spiro atoms. The van der Waals surface area contributed by atoms with Gasteiger partial charge in [0.15, 0.2) is 0 Å². The van der Waals surface area contributed by atoms with Crippen LogP contribution in [-0.2, 0) is 9.59 Å².